The Morgan fingerprint density at radius 1 is 1.46 bits per heavy atom. The van der Waals surface area contributed by atoms with E-state index in [1.807, 2.05) is 6.92 Å². The number of nitro benzene ring substituents is 1. The zero-order chi connectivity index (χ0) is 18.9. The van der Waals surface area contributed by atoms with Gasteiger partial charge in [-0.05, 0) is 54.7 Å². The number of carbonyl (C=O) groups excluding carboxylic acids is 1. The van der Waals surface area contributed by atoms with Crippen molar-refractivity contribution in [1.82, 2.24) is 5.43 Å². The van der Waals surface area contributed by atoms with Crippen molar-refractivity contribution in [2.24, 2.45) is 22.4 Å². The van der Waals surface area contributed by atoms with E-state index in [4.69, 9.17) is 0 Å². The number of amides is 1. The summed E-state index contributed by atoms with van der Waals surface area (Å²) in [6, 6.07) is 4.36. The molecule has 3 aliphatic rings. The molecule has 138 valence electrons. The number of anilines is 1. The van der Waals surface area contributed by atoms with Gasteiger partial charge in [-0.3, -0.25) is 14.9 Å². The molecule has 7 nitrogen and oxygen atoms in total. The molecule has 3 aliphatic carbocycles. The molecule has 4 rings (SSSR count). The van der Waals surface area contributed by atoms with Crippen molar-refractivity contribution in [2.45, 2.75) is 33.6 Å². The Balaban J connectivity index is 1.68. The molecule has 1 aromatic rings. The zero-order valence-corrected chi connectivity index (χ0v) is 15.3. The highest BCUT2D eigenvalue weighted by Gasteiger charge is 2.50. The number of hydrazone groups is 1. The van der Waals surface area contributed by atoms with Crippen molar-refractivity contribution in [2.75, 3.05) is 11.9 Å². The SMILES string of the molecule is CCNc1ccc(C(=O)N/N=C\C2=CC[C@H]3C[C@@H]2C3(C)C)cc1[N+](=O)[O-]. The lowest BCUT2D eigenvalue weighted by molar-refractivity contribution is -0.384. The molecule has 0 saturated heterocycles. The average Bonchev–Trinajstić information content (AvgIpc) is 2.62. The van der Waals surface area contributed by atoms with Crippen LogP contribution >= 0.6 is 0 Å². The third-order valence-corrected chi connectivity index (χ3v) is 5.71. The van der Waals surface area contributed by atoms with Crippen LogP contribution in [-0.4, -0.2) is 23.6 Å². The van der Waals surface area contributed by atoms with Crippen LogP contribution in [0, 0.1) is 27.4 Å². The molecule has 0 heterocycles. The van der Waals surface area contributed by atoms with E-state index >= 15 is 0 Å². The molecule has 26 heavy (non-hydrogen) atoms. The fourth-order valence-electron chi connectivity index (χ4n) is 3.94. The van der Waals surface area contributed by atoms with Gasteiger partial charge in [0.15, 0.2) is 0 Å². The van der Waals surface area contributed by atoms with Gasteiger partial charge in [-0.2, -0.15) is 5.10 Å². The third-order valence-electron chi connectivity index (χ3n) is 5.71. The van der Waals surface area contributed by atoms with E-state index in [2.05, 4.69) is 35.8 Å². The summed E-state index contributed by atoms with van der Waals surface area (Å²) in [4.78, 5) is 23.0. The van der Waals surface area contributed by atoms with Gasteiger partial charge in [0.2, 0.25) is 0 Å². The Morgan fingerprint density at radius 3 is 2.85 bits per heavy atom. The number of carbonyl (C=O) groups is 1. The molecule has 2 N–H and O–H groups in total. The van der Waals surface area contributed by atoms with Gasteiger partial charge in [0, 0.05) is 18.2 Å². The number of fused-ring (bicyclic) bond motifs is 1. The summed E-state index contributed by atoms with van der Waals surface area (Å²) >= 11 is 0. The summed E-state index contributed by atoms with van der Waals surface area (Å²) < 4.78 is 0. The number of nitrogens with one attached hydrogen (secondary N) is 2. The van der Waals surface area contributed by atoms with Crippen LogP contribution in [0.2, 0.25) is 0 Å². The minimum Gasteiger partial charge on any atom is -0.380 e. The summed E-state index contributed by atoms with van der Waals surface area (Å²) in [5.74, 6) is 0.770. The molecule has 1 amide bonds. The van der Waals surface area contributed by atoms with Gasteiger partial charge in [-0.15, -0.1) is 0 Å². The Labute approximate surface area is 152 Å². The predicted molar refractivity (Wildman–Crippen MR) is 101 cm³/mol. The first-order valence-corrected chi connectivity index (χ1v) is 8.90. The van der Waals surface area contributed by atoms with Crippen LogP contribution in [0.25, 0.3) is 0 Å². The van der Waals surface area contributed by atoms with Crippen LogP contribution in [-0.2, 0) is 0 Å². The van der Waals surface area contributed by atoms with Gasteiger partial charge in [-0.1, -0.05) is 19.9 Å². The highest BCUT2D eigenvalue weighted by molar-refractivity contribution is 5.96. The number of hydrogen-bond acceptors (Lipinski definition) is 5. The van der Waals surface area contributed by atoms with E-state index in [-0.39, 0.29) is 11.3 Å². The highest BCUT2D eigenvalue weighted by atomic mass is 16.6. The minimum absolute atomic E-state index is 0.124. The number of nitrogens with zero attached hydrogens (tertiary/aromatic N) is 2. The smallest absolute Gasteiger partial charge is 0.293 e. The number of nitro groups is 1. The fraction of sp³-hybridized carbons (Fsp3) is 0.474. The Bertz CT molecular complexity index is 798. The lowest BCUT2D eigenvalue weighted by atomic mass is 9.49. The average molecular weight is 356 g/mol. The fourth-order valence-corrected chi connectivity index (χ4v) is 3.94. The predicted octanol–water partition coefficient (Wildman–Crippen LogP) is 3.73. The van der Waals surface area contributed by atoms with Crippen molar-refractivity contribution in [3.8, 4) is 0 Å². The molecule has 2 atom stereocenters. The largest absolute Gasteiger partial charge is 0.380 e. The van der Waals surface area contributed by atoms with Gasteiger partial charge in [0.1, 0.15) is 5.69 Å². The Kier molecular flexibility index (Phi) is 4.80. The molecule has 1 fully saturated rings. The van der Waals surface area contributed by atoms with Crippen LogP contribution in [0.4, 0.5) is 11.4 Å². The van der Waals surface area contributed by atoms with E-state index < -0.39 is 10.8 Å². The van der Waals surface area contributed by atoms with Crippen LogP contribution in [0.5, 0.6) is 0 Å². The molecule has 1 aromatic carbocycles. The molecule has 0 unspecified atom stereocenters. The first kappa shape index (κ1) is 18.1. The summed E-state index contributed by atoms with van der Waals surface area (Å²) in [6.45, 7) is 6.96. The number of rotatable bonds is 6. The third kappa shape index (κ3) is 3.21. The number of benzene rings is 1. The maximum atomic E-state index is 12.3. The number of hydrogen-bond donors (Lipinski definition) is 2. The lowest BCUT2D eigenvalue weighted by Gasteiger charge is -2.55. The molecular formula is C19H24N4O3. The van der Waals surface area contributed by atoms with Crippen LogP contribution < -0.4 is 10.7 Å². The standard InChI is InChI=1S/C19H24N4O3/c1-4-20-16-8-6-12(9-17(16)23(25)26)18(24)22-21-11-13-5-7-14-10-15(13)19(14,2)3/h5-6,8-9,11,14-15,20H,4,7,10H2,1-3H3,(H,22,24)/b21-11-/t14-,15-/m0/s1. The van der Waals surface area contributed by atoms with Crippen molar-refractivity contribution in [3.05, 3.63) is 45.5 Å². The molecule has 0 aliphatic heterocycles. The molecule has 0 radical (unpaired) electrons. The maximum absolute atomic E-state index is 12.3. The van der Waals surface area contributed by atoms with Gasteiger partial charge in [-0.25, -0.2) is 5.43 Å². The molecule has 1 saturated carbocycles. The first-order valence-electron chi connectivity index (χ1n) is 8.90. The van der Waals surface area contributed by atoms with Gasteiger partial charge in [0.05, 0.1) is 11.1 Å². The quantitative estimate of drug-likeness (QED) is 0.461. The van der Waals surface area contributed by atoms with Crippen LogP contribution in [0.1, 0.15) is 44.0 Å². The van der Waals surface area contributed by atoms with E-state index in [1.165, 1.54) is 12.5 Å². The lowest BCUT2D eigenvalue weighted by Crippen LogP contribution is -2.48. The highest BCUT2D eigenvalue weighted by Crippen LogP contribution is 2.58. The van der Waals surface area contributed by atoms with Crippen molar-refractivity contribution >= 4 is 23.5 Å². The topological polar surface area (TPSA) is 96.6 Å². The maximum Gasteiger partial charge on any atom is 0.293 e. The van der Waals surface area contributed by atoms with Crippen LogP contribution in [0.15, 0.2) is 34.9 Å². The van der Waals surface area contributed by atoms with Gasteiger partial charge >= 0.3 is 0 Å². The second-order valence-corrected chi connectivity index (χ2v) is 7.46. The normalized spacial score (nSPS) is 23.1. The first-order chi connectivity index (χ1) is 12.3. The summed E-state index contributed by atoms with van der Waals surface area (Å²) in [6.07, 6.45) is 6.13. The molecule has 0 aromatic heterocycles. The monoisotopic (exact) mass is 356 g/mol. The van der Waals surface area contributed by atoms with Gasteiger partial charge in [0.25, 0.3) is 11.6 Å². The molecule has 0 spiro atoms. The van der Waals surface area contributed by atoms with Gasteiger partial charge < -0.3 is 5.32 Å². The number of allylic oxidation sites excluding steroid dienone is 2. The van der Waals surface area contributed by atoms with E-state index in [0.717, 1.165) is 17.9 Å². The summed E-state index contributed by atoms with van der Waals surface area (Å²) in [7, 11) is 0. The summed E-state index contributed by atoms with van der Waals surface area (Å²) in [5.41, 5.74) is 4.41. The van der Waals surface area contributed by atoms with E-state index in [0.29, 0.717) is 23.6 Å². The minimum atomic E-state index is -0.500. The van der Waals surface area contributed by atoms with E-state index in [9.17, 15) is 14.9 Å². The Hall–Kier alpha value is -2.70. The Morgan fingerprint density at radius 2 is 2.23 bits per heavy atom. The van der Waals surface area contributed by atoms with Crippen molar-refractivity contribution in [3.63, 3.8) is 0 Å². The zero-order valence-electron chi connectivity index (χ0n) is 15.3. The second-order valence-electron chi connectivity index (χ2n) is 7.46. The van der Waals surface area contributed by atoms with Crippen LogP contribution in [0.3, 0.4) is 0 Å². The molecule has 7 heteroatoms. The van der Waals surface area contributed by atoms with Crippen molar-refractivity contribution < 1.29 is 9.72 Å². The second kappa shape index (κ2) is 6.90. The molecular weight excluding hydrogens is 332 g/mol. The summed E-state index contributed by atoms with van der Waals surface area (Å²) in [5, 5.41) is 18.2. The van der Waals surface area contributed by atoms with Crippen molar-refractivity contribution in [1.29, 1.82) is 0 Å². The molecule has 2 bridgehead atoms. The van der Waals surface area contributed by atoms with E-state index in [1.54, 1.807) is 18.3 Å².